The first-order chi connectivity index (χ1) is 9.20. The average molecular weight is 298 g/mol. The Morgan fingerprint density at radius 3 is 2.60 bits per heavy atom. The predicted molar refractivity (Wildman–Crippen MR) is 75.2 cm³/mol. The normalized spacial score (nSPS) is 17.9. The van der Waals surface area contributed by atoms with Crippen LogP contribution in [0.4, 0.5) is 6.01 Å². The van der Waals surface area contributed by atoms with Gasteiger partial charge < -0.3 is 9.73 Å². The number of hydrogen-bond acceptors (Lipinski definition) is 6. The molecule has 0 saturated heterocycles. The van der Waals surface area contributed by atoms with Crippen LogP contribution in [0.3, 0.4) is 0 Å². The highest BCUT2D eigenvalue weighted by atomic mass is 32.2. The van der Waals surface area contributed by atoms with Gasteiger partial charge in [0, 0.05) is 18.2 Å². The number of aryl methyl sites for hydroxylation is 1. The fourth-order valence-electron chi connectivity index (χ4n) is 1.55. The molecule has 7 nitrogen and oxygen atoms in total. The molecule has 1 aliphatic carbocycles. The maximum atomic E-state index is 12.0. The predicted octanol–water partition coefficient (Wildman–Crippen LogP) is 1.68. The summed E-state index contributed by atoms with van der Waals surface area (Å²) < 4.78 is 31.9. The van der Waals surface area contributed by atoms with E-state index in [9.17, 15) is 8.42 Å². The molecule has 0 radical (unpaired) electrons. The minimum absolute atomic E-state index is 0.00753. The highest BCUT2D eigenvalue weighted by Gasteiger charge is 2.41. The van der Waals surface area contributed by atoms with Crippen molar-refractivity contribution < 1.29 is 12.8 Å². The van der Waals surface area contributed by atoms with Gasteiger partial charge in [0.15, 0.2) is 0 Å². The van der Waals surface area contributed by atoms with Gasteiger partial charge in [-0.3, -0.25) is 0 Å². The number of allylic oxidation sites excluding steroid dienone is 2. The molecule has 1 fully saturated rings. The van der Waals surface area contributed by atoms with E-state index in [0.717, 1.165) is 12.8 Å². The van der Waals surface area contributed by atoms with Crippen molar-refractivity contribution in [2.24, 2.45) is 0 Å². The van der Waals surface area contributed by atoms with E-state index in [0.29, 0.717) is 11.6 Å². The molecule has 0 unspecified atom stereocenters. The van der Waals surface area contributed by atoms with E-state index in [4.69, 9.17) is 4.42 Å². The summed E-state index contributed by atoms with van der Waals surface area (Å²) in [6, 6.07) is 0.212. The Bertz CT molecular complexity index is 656. The number of rotatable bonds is 6. The lowest BCUT2D eigenvalue weighted by atomic mass is 10.4. The number of hydrogen-bond donors (Lipinski definition) is 2. The van der Waals surface area contributed by atoms with Crippen molar-refractivity contribution in [3.63, 3.8) is 0 Å². The van der Waals surface area contributed by atoms with Gasteiger partial charge in [-0.1, -0.05) is 11.7 Å². The third-order valence-electron chi connectivity index (χ3n) is 2.93. The second kappa shape index (κ2) is 5.02. The van der Waals surface area contributed by atoms with Crippen LogP contribution in [-0.2, 0) is 10.0 Å². The van der Waals surface area contributed by atoms with Gasteiger partial charge in [0.2, 0.25) is 15.9 Å². The Hall–Kier alpha value is -1.67. The van der Waals surface area contributed by atoms with Gasteiger partial charge in [0.1, 0.15) is 0 Å². The first-order valence-corrected chi connectivity index (χ1v) is 7.67. The highest BCUT2D eigenvalue weighted by molar-refractivity contribution is 7.93. The van der Waals surface area contributed by atoms with Crippen LogP contribution in [0.5, 0.6) is 0 Å². The Morgan fingerprint density at radius 1 is 1.45 bits per heavy atom. The lowest BCUT2D eigenvalue weighted by molar-refractivity contribution is 0.534. The van der Waals surface area contributed by atoms with E-state index < -0.39 is 10.0 Å². The Kier molecular flexibility index (Phi) is 3.70. The monoisotopic (exact) mass is 298 g/mol. The Morgan fingerprint density at radius 2 is 2.10 bits per heavy atom. The molecule has 1 aromatic heterocycles. The van der Waals surface area contributed by atoms with Gasteiger partial charge >= 0.3 is 6.01 Å². The maximum absolute atomic E-state index is 12.0. The Labute approximate surface area is 118 Å². The van der Waals surface area contributed by atoms with Gasteiger partial charge in [-0.25, -0.2) is 13.1 Å². The first-order valence-electron chi connectivity index (χ1n) is 6.19. The summed E-state index contributed by atoms with van der Waals surface area (Å²) in [4.78, 5) is -0.00753. The van der Waals surface area contributed by atoms with Crippen LogP contribution < -0.4 is 10.0 Å². The molecule has 2 rings (SSSR count). The van der Waals surface area contributed by atoms with Gasteiger partial charge in [0.25, 0.3) is 0 Å². The molecule has 20 heavy (non-hydrogen) atoms. The molecule has 1 aromatic rings. The number of aromatic nitrogens is 2. The Balaban J connectivity index is 2.03. The van der Waals surface area contributed by atoms with E-state index in [-0.39, 0.29) is 16.5 Å². The minimum atomic E-state index is -3.57. The summed E-state index contributed by atoms with van der Waals surface area (Å²) >= 11 is 0. The quantitative estimate of drug-likeness (QED) is 0.775. The van der Waals surface area contributed by atoms with Crippen LogP contribution in [0.1, 0.15) is 32.6 Å². The smallest absolute Gasteiger partial charge is 0.319 e. The van der Waals surface area contributed by atoms with Crippen LogP contribution in [0, 0.1) is 6.92 Å². The maximum Gasteiger partial charge on any atom is 0.319 e. The fraction of sp³-hybridized carbons (Fsp3) is 0.500. The molecule has 0 amide bonds. The summed E-state index contributed by atoms with van der Waals surface area (Å²) in [7, 11) is -3.57. The molecular weight excluding hydrogens is 280 g/mol. The van der Waals surface area contributed by atoms with Crippen LogP contribution in [0.15, 0.2) is 27.7 Å². The summed E-state index contributed by atoms with van der Waals surface area (Å²) in [6.07, 6.45) is 3.12. The van der Waals surface area contributed by atoms with Crippen molar-refractivity contribution in [2.75, 3.05) is 5.32 Å². The number of sulfonamides is 1. The van der Waals surface area contributed by atoms with Gasteiger partial charge in [-0.05, 0) is 32.8 Å². The van der Waals surface area contributed by atoms with Crippen molar-refractivity contribution in [3.05, 3.63) is 29.1 Å². The molecule has 1 heterocycles. The van der Waals surface area contributed by atoms with Crippen LogP contribution >= 0.6 is 0 Å². The first kappa shape index (κ1) is 14.7. The minimum Gasteiger partial charge on any atom is -0.408 e. The number of nitrogens with zero attached hydrogens (tertiary/aromatic N) is 2. The average Bonchev–Trinajstić information content (AvgIpc) is 2.87. The van der Waals surface area contributed by atoms with Crippen LogP contribution in [0.25, 0.3) is 0 Å². The van der Waals surface area contributed by atoms with Crippen molar-refractivity contribution in [1.29, 1.82) is 0 Å². The SMILES string of the molecule is C=C(/C=C(\C)Nc1nnc(C)o1)S(=O)(=O)NC1(C)CC1. The van der Waals surface area contributed by atoms with Gasteiger partial charge in [-0.15, -0.1) is 5.10 Å². The third kappa shape index (κ3) is 3.67. The molecule has 0 atom stereocenters. The van der Waals surface area contributed by atoms with Crippen LogP contribution in [0.2, 0.25) is 0 Å². The zero-order valence-corrected chi connectivity index (χ0v) is 12.5. The zero-order chi connectivity index (χ0) is 15.0. The number of nitrogens with one attached hydrogen (secondary N) is 2. The molecule has 0 spiro atoms. The van der Waals surface area contributed by atoms with Crippen molar-refractivity contribution in [1.82, 2.24) is 14.9 Å². The van der Waals surface area contributed by atoms with E-state index in [1.165, 1.54) is 6.08 Å². The lowest BCUT2D eigenvalue weighted by Crippen LogP contribution is -2.34. The van der Waals surface area contributed by atoms with Crippen molar-refractivity contribution in [2.45, 2.75) is 39.2 Å². The molecular formula is C12H18N4O3S. The molecule has 2 N–H and O–H groups in total. The van der Waals surface area contributed by atoms with E-state index >= 15 is 0 Å². The topological polar surface area (TPSA) is 97.1 Å². The third-order valence-corrected chi connectivity index (χ3v) is 4.50. The fourth-order valence-corrected chi connectivity index (χ4v) is 2.87. The van der Waals surface area contributed by atoms with Crippen LogP contribution in [-0.4, -0.2) is 24.2 Å². The van der Waals surface area contributed by atoms with E-state index in [1.807, 2.05) is 6.92 Å². The molecule has 1 aliphatic rings. The second-order valence-electron chi connectivity index (χ2n) is 5.21. The van der Waals surface area contributed by atoms with Gasteiger partial charge in [-0.2, -0.15) is 0 Å². The molecule has 110 valence electrons. The van der Waals surface area contributed by atoms with Crippen molar-refractivity contribution in [3.8, 4) is 0 Å². The van der Waals surface area contributed by atoms with Gasteiger partial charge in [0.05, 0.1) is 4.91 Å². The number of anilines is 1. The van der Waals surface area contributed by atoms with Crippen molar-refractivity contribution >= 4 is 16.0 Å². The summed E-state index contributed by atoms with van der Waals surface area (Å²) in [5.41, 5.74) is 0.227. The molecule has 8 heteroatoms. The summed E-state index contributed by atoms with van der Waals surface area (Å²) in [5, 5.41) is 10.2. The second-order valence-corrected chi connectivity index (χ2v) is 6.95. The molecule has 0 aliphatic heterocycles. The van der Waals surface area contributed by atoms with E-state index in [1.54, 1.807) is 13.8 Å². The molecule has 0 aromatic carbocycles. The summed E-state index contributed by atoms with van der Waals surface area (Å²) in [5.74, 6) is 0.426. The standard InChI is InChI=1S/C12H18N4O3S/c1-8(13-11-15-14-10(3)19-11)7-9(2)20(17,18)16-12(4)5-6-12/h7,16H,2,5-6H2,1,3-4H3,(H,13,15)/b8-7+. The highest BCUT2D eigenvalue weighted by Crippen LogP contribution is 2.35. The molecule has 0 bridgehead atoms. The molecule has 1 saturated carbocycles. The lowest BCUT2D eigenvalue weighted by Gasteiger charge is -2.12. The largest absolute Gasteiger partial charge is 0.408 e. The summed E-state index contributed by atoms with van der Waals surface area (Å²) in [6.45, 7) is 8.82. The zero-order valence-electron chi connectivity index (χ0n) is 11.7. The van der Waals surface area contributed by atoms with E-state index in [2.05, 4.69) is 26.8 Å².